The maximum absolute atomic E-state index is 9.19. The minimum absolute atomic E-state index is 0.326. The summed E-state index contributed by atoms with van der Waals surface area (Å²) in [5.74, 6) is 0.852. The Kier molecular flexibility index (Phi) is 3.56. The van der Waals surface area contributed by atoms with Crippen molar-refractivity contribution in [3.05, 3.63) is 53.3 Å². The Morgan fingerprint density at radius 1 is 1.23 bits per heavy atom. The van der Waals surface area contributed by atoms with Crippen LogP contribution in [0.15, 0.2) is 36.4 Å². The van der Waals surface area contributed by atoms with Crippen LogP contribution in [0.5, 0.6) is 5.75 Å². The zero-order valence-electron chi connectivity index (χ0n) is 12.9. The molecular formula is C18H17N3O. The number of pyridine rings is 1. The lowest BCUT2D eigenvalue weighted by Gasteiger charge is -2.07. The smallest absolute Gasteiger partial charge is 0.137 e. The van der Waals surface area contributed by atoms with Crippen LogP contribution in [0.3, 0.4) is 0 Å². The molecule has 4 nitrogen and oxygen atoms in total. The standard InChI is InChI=1S/C18H17N3O/c1-12-11-14(7-8-16(12)22-3)18-15(9-10-19)21-13(2)5-4-6-17(21)20-18/h4-8,11H,9H2,1-3H3. The van der Waals surface area contributed by atoms with Gasteiger partial charge in [-0.05, 0) is 49.7 Å². The number of hydrogen-bond donors (Lipinski definition) is 0. The predicted molar refractivity (Wildman–Crippen MR) is 86.0 cm³/mol. The highest BCUT2D eigenvalue weighted by Crippen LogP contribution is 2.29. The second-order valence-corrected chi connectivity index (χ2v) is 5.29. The highest BCUT2D eigenvalue weighted by molar-refractivity contribution is 5.69. The Labute approximate surface area is 129 Å². The second-order valence-electron chi connectivity index (χ2n) is 5.29. The predicted octanol–water partition coefficient (Wildman–Crippen LogP) is 3.69. The Hall–Kier alpha value is -2.80. The summed E-state index contributed by atoms with van der Waals surface area (Å²) in [7, 11) is 1.66. The van der Waals surface area contributed by atoms with E-state index in [9.17, 15) is 5.26 Å². The van der Waals surface area contributed by atoms with E-state index in [1.165, 1.54) is 0 Å². The van der Waals surface area contributed by atoms with Gasteiger partial charge in [0.2, 0.25) is 0 Å². The van der Waals surface area contributed by atoms with E-state index < -0.39 is 0 Å². The molecule has 0 atom stereocenters. The molecule has 2 aromatic heterocycles. The van der Waals surface area contributed by atoms with Crippen LogP contribution in [0.25, 0.3) is 16.9 Å². The molecule has 1 aromatic carbocycles. The summed E-state index contributed by atoms with van der Waals surface area (Å²) in [6, 6.07) is 14.2. The number of nitriles is 1. The Morgan fingerprint density at radius 3 is 2.73 bits per heavy atom. The zero-order chi connectivity index (χ0) is 15.7. The fourth-order valence-corrected chi connectivity index (χ4v) is 2.82. The van der Waals surface area contributed by atoms with Gasteiger partial charge in [-0.1, -0.05) is 6.07 Å². The normalized spacial score (nSPS) is 10.6. The number of benzene rings is 1. The summed E-state index contributed by atoms with van der Waals surface area (Å²) in [6.45, 7) is 4.03. The largest absolute Gasteiger partial charge is 0.496 e. The molecule has 22 heavy (non-hydrogen) atoms. The number of ether oxygens (including phenoxy) is 1. The Bertz CT molecular complexity index is 887. The number of fused-ring (bicyclic) bond motifs is 1. The third kappa shape index (κ3) is 2.21. The van der Waals surface area contributed by atoms with E-state index in [2.05, 4.69) is 16.5 Å². The van der Waals surface area contributed by atoms with E-state index in [0.717, 1.165) is 39.6 Å². The first-order chi connectivity index (χ1) is 10.7. The molecule has 0 spiro atoms. The van der Waals surface area contributed by atoms with Crippen molar-refractivity contribution >= 4 is 5.65 Å². The van der Waals surface area contributed by atoms with E-state index >= 15 is 0 Å². The molecular weight excluding hydrogens is 274 g/mol. The van der Waals surface area contributed by atoms with E-state index in [0.29, 0.717) is 6.42 Å². The molecule has 4 heteroatoms. The summed E-state index contributed by atoms with van der Waals surface area (Å²) in [4.78, 5) is 4.73. The van der Waals surface area contributed by atoms with Crippen molar-refractivity contribution < 1.29 is 4.74 Å². The van der Waals surface area contributed by atoms with Gasteiger partial charge < -0.3 is 4.74 Å². The third-order valence-corrected chi connectivity index (χ3v) is 3.85. The molecule has 0 aliphatic rings. The highest BCUT2D eigenvalue weighted by atomic mass is 16.5. The van der Waals surface area contributed by atoms with Crippen molar-refractivity contribution in [1.82, 2.24) is 9.38 Å². The molecule has 0 radical (unpaired) electrons. The maximum Gasteiger partial charge on any atom is 0.137 e. The Morgan fingerprint density at radius 2 is 2.05 bits per heavy atom. The summed E-state index contributed by atoms with van der Waals surface area (Å²) < 4.78 is 7.37. The van der Waals surface area contributed by atoms with E-state index in [1.807, 2.05) is 44.2 Å². The van der Waals surface area contributed by atoms with Gasteiger partial charge in [0.25, 0.3) is 0 Å². The van der Waals surface area contributed by atoms with Gasteiger partial charge >= 0.3 is 0 Å². The zero-order valence-corrected chi connectivity index (χ0v) is 12.9. The van der Waals surface area contributed by atoms with Gasteiger partial charge in [-0.15, -0.1) is 0 Å². The maximum atomic E-state index is 9.19. The average molecular weight is 291 g/mol. The summed E-state index contributed by atoms with van der Waals surface area (Å²) in [5, 5.41) is 9.19. The van der Waals surface area contributed by atoms with E-state index in [1.54, 1.807) is 7.11 Å². The minimum atomic E-state index is 0.326. The minimum Gasteiger partial charge on any atom is -0.496 e. The lowest BCUT2D eigenvalue weighted by atomic mass is 10.1. The van der Waals surface area contributed by atoms with E-state index in [-0.39, 0.29) is 0 Å². The van der Waals surface area contributed by atoms with Crippen LogP contribution in [0.2, 0.25) is 0 Å². The van der Waals surface area contributed by atoms with Gasteiger partial charge in [0, 0.05) is 11.3 Å². The van der Waals surface area contributed by atoms with Crippen molar-refractivity contribution in [3.63, 3.8) is 0 Å². The topological polar surface area (TPSA) is 50.3 Å². The molecule has 3 aromatic rings. The van der Waals surface area contributed by atoms with Crippen molar-refractivity contribution in [2.45, 2.75) is 20.3 Å². The van der Waals surface area contributed by atoms with Crippen LogP contribution in [0, 0.1) is 25.2 Å². The first-order valence-electron chi connectivity index (χ1n) is 7.14. The molecule has 0 N–H and O–H groups in total. The molecule has 0 aliphatic heterocycles. The summed E-state index contributed by atoms with van der Waals surface area (Å²) in [5.41, 5.74) is 5.80. The number of aryl methyl sites for hydroxylation is 2. The number of aromatic nitrogens is 2. The van der Waals surface area contributed by atoms with Crippen LogP contribution in [-0.4, -0.2) is 16.5 Å². The quantitative estimate of drug-likeness (QED) is 0.739. The van der Waals surface area contributed by atoms with Crippen molar-refractivity contribution in [1.29, 1.82) is 5.26 Å². The van der Waals surface area contributed by atoms with Gasteiger partial charge in [0.05, 0.1) is 31.0 Å². The molecule has 0 aliphatic carbocycles. The monoisotopic (exact) mass is 291 g/mol. The Balaban J connectivity index is 2.26. The molecule has 3 rings (SSSR count). The van der Waals surface area contributed by atoms with Crippen LogP contribution < -0.4 is 4.74 Å². The van der Waals surface area contributed by atoms with Crippen LogP contribution in [0.1, 0.15) is 17.0 Å². The fourth-order valence-electron chi connectivity index (χ4n) is 2.82. The van der Waals surface area contributed by atoms with Crippen LogP contribution in [0.4, 0.5) is 0 Å². The number of nitrogens with zero attached hydrogens (tertiary/aromatic N) is 3. The van der Waals surface area contributed by atoms with Gasteiger partial charge in [-0.25, -0.2) is 4.98 Å². The number of hydrogen-bond acceptors (Lipinski definition) is 3. The van der Waals surface area contributed by atoms with E-state index in [4.69, 9.17) is 9.72 Å². The van der Waals surface area contributed by atoms with Crippen molar-refractivity contribution in [3.8, 4) is 23.1 Å². The second kappa shape index (κ2) is 5.53. The fraction of sp³-hybridized carbons (Fsp3) is 0.222. The molecule has 110 valence electrons. The molecule has 0 saturated carbocycles. The number of imidazole rings is 1. The number of rotatable bonds is 3. The lowest BCUT2D eigenvalue weighted by molar-refractivity contribution is 0.412. The molecule has 0 amide bonds. The molecule has 0 unspecified atom stereocenters. The molecule has 0 saturated heterocycles. The van der Waals surface area contributed by atoms with Crippen LogP contribution >= 0.6 is 0 Å². The van der Waals surface area contributed by atoms with Gasteiger partial charge in [-0.2, -0.15) is 5.26 Å². The first kappa shape index (κ1) is 14.2. The summed E-state index contributed by atoms with van der Waals surface area (Å²) >= 11 is 0. The highest BCUT2D eigenvalue weighted by Gasteiger charge is 2.15. The first-order valence-corrected chi connectivity index (χ1v) is 7.14. The summed E-state index contributed by atoms with van der Waals surface area (Å²) in [6.07, 6.45) is 0.326. The SMILES string of the molecule is COc1ccc(-c2nc3cccc(C)n3c2CC#N)cc1C. The van der Waals surface area contributed by atoms with Crippen molar-refractivity contribution in [2.75, 3.05) is 7.11 Å². The van der Waals surface area contributed by atoms with Gasteiger partial charge in [0.1, 0.15) is 11.4 Å². The third-order valence-electron chi connectivity index (χ3n) is 3.85. The van der Waals surface area contributed by atoms with Gasteiger partial charge in [-0.3, -0.25) is 4.40 Å². The molecule has 0 bridgehead atoms. The lowest BCUT2D eigenvalue weighted by Crippen LogP contribution is -1.97. The van der Waals surface area contributed by atoms with Crippen molar-refractivity contribution in [2.24, 2.45) is 0 Å². The van der Waals surface area contributed by atoms with Gasteiger partial charge in [0.15, 0.2) is 0 Å². The average Bonchev–Trinajstić information content (AvgIpc) is 2.88. The van der Waals surface area contributed by atoms with Crippen LogP contribution in [-0.2, 0) is 6.42 Å². The molecule has 0 fully saturated rings. The molecule has 2 heterocycles. The number of methoxy groups -OCH3 is 1.